The largest absolute Gasteiger partial charge is 0.380 e. The van der Waals surface area contributed by atoms with Crippen molar-refractivity contribution in [3.8, 4) is 0 Å². The van der Waals surface area contributed by atoms with Gasteiger partial charge in [-0.15, -0.1) is 0 Å². The minimum Gasteiger partial charge on any atom is -0.380 e. The number of carbonyl (C=O) groups is 3. The number of aromatic nitrogens is 4. The van der Waals surface area contributed by atoms with E-state index in [1.54, 1.807) is 19.3 Å². The van der Waals surface area contributed by atoms with E-state index in [0.29, 0.717) is 47.2 Å². The van der Waals surface area contributed by atoms with Crippen LogP contribution >= 0.6 is 11.6 Å². The highest BCUT2D eigenvalue weighted by Gasteiger charge is 2.51. The van der Waals surface area contributed by atoms with Gasteiger partial charge in [0.15, 0.2) is 0 Å². The zero-order valence-electron chi connectivity index (χ0n) is 28.5. The lowest BCUT2D eigenvalue weighted by Gasteiger charge is -2.38. The van der Waals surface area contributed by atoms with E-state index >= 15 is 0 Å². The van der Waals surface area contributed by atoms with Gasteiger partial charge in [0.2, 0.25) is 11.8 Å². The molecular weight excluding hydrogens is 661 g/mol. The Kier molecular flexibility index (Phi) is 9.19. The first kappa shape index (κ1) is 34.2. The fourth-order valence-corrected chi connectivity index (χ4v) is 7.96. The molecule has 3 aliphatic rings. The number of halogens is 2. The van der Waals surface area contributed by atoms with E-state index in [1.807, 2.05) is 49.4 Å². The van der Waals surface area contributed by atoms with Gasteiger partial charge >= 0.3 is 0 Å². The third-order valence-electron chi connectivity index (χ3n) is 11.0. The fraction of sp³-hybridized carbons (Fsp3) is 0.486. The van der Waals surface area contributed by atoms with Crippen LogP contribution in [0.15, 0.2) is 54.7 Å². The molecule has 4 atom stereocenters. The van der Waals surface area contributed by atoms with Crippen LogP contribution in [0.25, 0.3) is 11.0 Å². The number of aromatic amines is 1. The summed E-state index contributed by atoms with van der Waals surface area (Å²) in [5, 5.41) is 13.9. The fourth-order valence-electron chi connectivity index (χ4n) is 7.71. The van der Waals surface area contributed by atoms with Crippen molar-refractivity contribution in [3.05, 3.63) is 82.4 Å². The van der Waals surface area contributed by atoms with Gasteiger partial charge in [-0.05, 0) is 85.8 Å². The SMILES string of the molecule is CCNC(=O)[C@H](NC(=O)C1(c2ccc3[nH]c([C@@H](NC(=O)c4ccnn4C)[C@H](c4ccccc4Cl)C4(C)CC4)nc3c2)CCOC1)C1CC(F)C1. The number of imidazole rings is 1. The second kappa shape index (κ2) is 13.4. The zero-order valence-corrected chi connectivity index (χ0v) is 29.2. The molecule has 1 aliphatic heterocycles. The number of ether oxygens (including phenoxy) is 1. The number of alkyl halides is 1. The molecule has 50 heavy (non-hydrogen) atoms. The zero-order chi connectivity index (χ0) is 35.2. The molecule has 2 saturated carbocycles. The summed E-state index contributed by atoms with van der Waals surface area (Å²) in [4.78, 5) is 49.5. The lowest BCUT2D eigenvalue weighted by atomic mass is 9.75. The van der Waals surface area contributed by atoms with Gasteiger partial charge in [-0.2, -0.15) is 5.10 Å². The molecule has 1 saturated heterocycles. The lowest BCUT2D eigenvalue weighted by Crippen LogP contribution is -2.58. The first-order chi connectivity index (χ1) is 24.0. The van der Waals surface area contributed by atoms with Gasteiger partial charge < -0.3 is 25.7 Å². The molecule has 3 heterocycles. The Morgan fingerprint density at radius 2 is 1.90 bits per heavy atom. The highest BCUT2D eigenvalue weighted by molar-refractivity contribution is 6.31. The molecule has 264 valence electrons. The van der Waals surface area contributed by atoms with Crippen molar-refractivity contribution in [2.75, 3.05) is 19.8 Å². The van der Waals surface area contributed by atoms with Gasteiger partial charge in [-0.1, -0.05) is 42.8 Å². The van der Waals surface area contributed by atoms with E-state index in [9.17, 15) is 18.8 Å². The van der Waals surface area contributed by atoms with Crippen molar-refractivity contribution in [2.24, 2.45) is 18.4 Å². The van der Waals surface area contributed by atoms with Crippen LogP contribution in [-0.2, 0) is 26.8 Å². The minimum absolute atomic E-state index is 0.133. The van der Waals surface area contributed by atoms with Crippen LogP contribution < -0.4 is 16.0 Å². The van der Waals surface area contributed by atoms with Gasteiger partial charge in [0, 0.05) is 37.3 Å². The van der Waals surface area contributed by atoms with Gasteiger partial charge in [0.25, 0.3) is 5.91 Å². The lowest BCUT2D eigenvalue weighted by molar-refractivity contribution is -0.135. The third-order valence-corrected chi connectivity index (χ3v) is 11.4. The van der Waals surface area contributed by atoms with Crippen molar-refractivity contribution in [3.63, 3.8) is 0 Å². The first-order valence-corrected chi connectivity index (χ1v) is 17.7. The Balaban J connectivity index is 1.25. The predicted molar refractivity (Wildman–Crippen MR) is 186 cm³/mol. The molecule has 1 unspecified atom stereocenters. The number of fused-ring (bicyclic) bond motifs is 1. The van der Waals surface area contributed by atoms with Crippen LogP contribution in [0.3, 0.4) is 0 Å². The number of aryl methyl sites for hydroxylation is 1. The Hall–Kier alpha value is -4.29. The summed E-state index contributed by atoms with van der Waals surface area (Å²) < 4.78 is 21.2. The summed E-state index contributed by atoms with van der Waals surface area (Å²) in [6.45, 7) is 4.93. The number of hydrogen-bond acceptors (Lipinski definition) is 6. The van der Waals surface area contributed by atoms with Crippen LogP contribution in [0.4, 0.5) is 4.39 Å². The molecular formula is C37H43ClFN7O4. The molecule has 0 bridgehead atoms. The number of likely N-dealkylation sites (N-methyl/N-ethyl adjacent to an activating group) is 1. The molecule has 13 heteroatoms. The second-order valence-corrected chi connectivity index (χ2v) is 14.8. The smallest absolute Gasteiger partial charge is 0.270 e. The summed E-state index contributed by atoms with van der Waals surface area (Å²) in [6.07, 6.45) is 3.44. The maximum Gasteiger partial charge on any atom is 0.270 e. The van der Waals surface area contributed by atoms with Crippen LogP contribution in [0.5, 0.6) is 0 Å². The number of benzene rings is 2. The van der Waals surface area contributed by atoms with E-state index in [4.69, 9.17) is 21.3 Å². The number of amides is 3. The standard InChI is InChI=1S/C37H43ClFN7O4/c1-4-40-34(48)30(21-17-23(39)18-21)45-35(49)37(14-16-50-20-37)22-9-10-26-27(19-22)43-32(42-26)31(44-33(47)28-11-15-41-46(28)3)29(36(2)12-13-36)24-7-5-6-8-25(24)38/h5-11,15,19,21,23,29-31H,4,12-14,16-18,20H2,1-3H3,(H,40,48)(H,42,43)(H,44,47)(H,45,49)/t21?,23?,29-,30+,31-,37?/m0/s1. The average molecular weight is 704 g/mol. The molecule has 0 radical (unpaired) electrons. The predicted octanol–water partition coefficient (Wildman–Crippen LogP) is 5.03. The number of rotatable bonds is 12. The number of nitrogens with zero attached hydrogens (tertiary/aromatic N) is 3. The van der Waals surface area contributed by atoms with Crippen molar-refractivity contribution in [2.45, 2.75) is 75.5 Å². The highest BCUT2D eigenvalue weighted by atomic mass is 35.5. The quantitative estimate of drug-likeness (QED) is 0.163. The normalized spacial score (nSPS) is 24.2. The number of nitrogens with one attached hydrogen (secondary N) is 4. The van der Waals surface area contributed by atoms with Crippen molar-refractivity contribution >= 4 is 40.4 Å². The molecule has 2 aromatic carbocycles. The van der Waals surface area contributed by atoms with E-state index in [0.717, 1.165) is 23.9 Å². The molecule has 4 N–H and O–H groups in total. The Bertz CT molecular complexity index is 1910. The average Bonchev–Trinajstić information content (AvgIpc) is 3.47. The number of carbonyl (C=O) groups excluding carboxylic acids is 3. The van der Waals surface area contributed by atoms with Gasteiger partial charge in [-0.25, -0.2) is 9.37 Å². The summed E-state index contributed by atoms with van der Waals surface area (Å²) in [6, 6.07) is 13.6. The van der Waals surface area contributed by atoms with Gasteiger partial charge in [0.1, 0.15) is 23.7 Å². The van der Waals surface area contributed by atoms with E-state index < -0.39 is 23.7 Å². The first-order valence-electron chi connectivity index (χ1n) is 17.4. The molecule has 0 spiro atoms. The Morgan fingerprint density at radius 1 is 1.12 bits per heavy atom. The summed E-state index contributed by atoms with van der Waals surface area (Å²) in [7, 11) is 1.72. The third kappa shape index (κ3) is 6.28. The van der Waals surface area contributed by atoms with Crippen molar-refractivity contribution in [1.29, 1.82) is 0 Å². The number of hydrogen-bond donors (Lipinski definition) is 4. The van der Waals surface area contributed by atoms with Crippen LogP contribution in [0.2, 0.25) is 5.02 Å². The van der Waals surface area contributed by atoms with E-state index in [1.165, 1.54) is 4.68 Å². The van der Waals surface area contributed by atoms with Crippen LogP contribution in [0.1, 0.15) is 85.4 Å². The highest BCUT2D eigenvalue weighted by Crippen LogP contribution is 2.60. The molecule has 2 aromatic heterocycles. The molecule has 3 amide bonds. The number of H-pyrrole nitrogens is 1. The van der Waals surface area contributed by atoms with Gasteiger partial charge in [0.05, 0.1) is 29.1 Å². The molecule has 4 aromatic rings. The minimum atomic E-state index is -1.06. The molecule has 7 rings (SSSR count). The van der Waals surface area contributed by atoms with Crippen molar-refractivity contribution < 1.29 is 23.5 Å². The molecule has 2 aliphatic carbocycles. The Labute approximate surface area is 295 Å². The van der Waals surface area contributed by atoms with E-state index in [-0.39, 0.29) is 54.4 Å². The summed E-state index contributed by atoms with van der Waals surface area (Å²) in [5.74, 6) is -0.830. The monoisotopic (exact) mass is 703 g/mol. The maximum absolute atomic E-state index is 14.2. The molecule has 3 fully saturated rings. The summed E-state index contributed by atoms with van der Waals surface area (Å²) in [5.41, 5.74) is 2.21. The summed E-state index contributed by atoms with van der Waals surface area (Å²) >= 11 is 6.82. The van der Waals surface area contributed by atoms with Gasteiger partial charge in [-0.3, -0.25) is 19.1 Å². The van der Waals surface area contributed by atoms with Crippen LogP contribution in [0, 0.1) is 11.3 Å². The maximum atomic E-state index is 14.2. The second-order valence-electron chi connectivity index (χ2n) is 14.4. The Morgan fingerprint density at radius 3 is 2.54 bits per heavy atom. The topological polar surface area (TPSA) is 143 Å². The van der Waals surface area contributed by atoms with E-state index in [2.05, 4.69) is 33.0 Å². The molecule has 11 nitrogen and oxygen atoms in total. The van der Waals surface area contributed by atoms with Crippen molar-refractivity contribution in [1.82, 2.24) is 35.7 Å². The van der Waals surface area contributed by atoms with Crippen LogP contribution in [-0.4, -0.2) is 69.4 Å².